The van der Waals surface area contributed by atoms with Crippen LogP contribution in [0.1, 0.15) is 83.3 Å². The molecule has 22 heteroatoms. The van der Waals surface area contributed by atoms with E-state index in [4.69, 9.17) is 28.8 Å². The first-order valence-corrected chi connectivity index (χ1v) is 30.2. The molecule has 1 saturated carbocycles. The number of carboxylic acids is 1. The molecule has 4 aromatic heterocycles. The molecule has 4 aliphatic rings. The third-order valence-corrected chi connectivity index (χ3v) is 18.1. The zero-order chi connectivity index (χ0) is 57.7. The predicted molar refractivity (Wildman–Crippen MR) is 296 cm³/mol. The van der Waals surface area contributed by atoms with Gasteiger partial charge in [0.2, 0.25) is 17.7 Å². The van der Waals surface area contributed by atoms with Crippen LogP contribution in [0.25, 0.3) is 44.1 Å². The number of esters is 1. The highest BCUT2D eigenvalue weighted by Gasteiger charge is 2.37. The van der Waals surface area contributed by atoms with Gasteiger partial charge in [-0.15, -0.1) is 0 Å². The van der Waals surface area contributed by atoms with Crippen LogP contribution in [0.4, 0.5) is 8.78 Å². The molecular formula is C58H67F2N5O13S2. The molecule has 3 aliphatic heterocycles. The third-order valence-electron chi connectivity index (χ3n) is 14.6. The first kappa shape index (κ1) is 59.1. The molecule has 6 aromatic rings. The molecule has 2 aromatic carbocycles. The molecule has 4 fully saturated rings. The number of ether oxygens (including phenoxy) is 5. The molecule has 3 atom stereocenters. The molecule has 0 bridgehead atoms. The molecule has 18 nitrogen and oxygen atoms in total. The number of nitrogens with zero attached hydrogens (tertiary/aromatic N) is 5. The molecule has 1 N–H and O–H groups in total. The van der Waals surface area contributed by atoms with Crippen LogP contribution < -0.4 is 18.9 Å². The second-order valence-corrected chi connectivity index (χ2v) is 26.3. The summed E-state index contributed by atoms with van der Waals surface area (Å²) < 4.78 is 103. The number of likely N-dealkylation sites (tertiary alicyclic amines) is 1. The van der Waals surface area contributed by atoms with E-state index in [1.807, 2.05) is 58.9 Å². The van der Waals surface area contributed by atoms with E-state index in [1.54, 1.807) is 56.0 Å². The number of amides is 1. The Labute approximate surface area is 464 Å². The van der Waals surface area contributed by atoms with E-state index >= 15 is 0 Å². The van der Waals surface area contributed by atoms with Gasteiger partial charge in [-0.25, -0.2) is 35.6 Å². The van der Waals surface area contributed by atoms with Crippen molar-refractivity contribution in [1.82, 2.24) is 24.8 Å². The number of pyridine rings is 4. The zero-order valence-electron chi connectivity index (χ0n) is 45.9. The maximum atomic E-state index is 15.0. The Morgan fingerprint density at radius 2 is 1.10 bits per heavy atom. The second kappa shape index (κ2) is 24.7. The average molecular weight is 1140 g/mol. The summed E-state index contributed by atoms with van der Waals surface area (Å²) in [7, 11) is -2.79. The standard InChI is InChI=1S/C26H28FN3O5S.C26H29FN2O4.C6H10O4S/c1-16-11-18(14-29-25(16)34-2)20-3-7-28-23-13-22(27)24(12-21(20)23)35-19-4-8-30(15-19)26(31)17-5-9-36(32,33)10-6-17;1-15-10-17(14-29-24(15)31-5)19-8-9-28-22-13-21(27)23(12-20(19)22)32-18-7-6-16(11-18)25(30)33-26(2,3)4;7-6(8)5-1-3-11(9,10)4-2-5/h3,7,11-14,17,19H,4-6,8-10,15H2,1-2H3;8-10,12-14,16,18H,6-7,11H2,1-5H3;5H,1-4H2,(H,7,8)/t19-;16?,18-;/m00./s1. The number of carboxylic acid groups (broad SMARTS) is 1. The van der Waals surface area contributed by atoms with Gasteiger partial charge in [-0.3, -0.25) is 24.4 Å². The first-order chi connectivity index (χ1) is 37.9. The lowest BCUT2D eigenvalue weighted by atomic mass is 10.0. The molecule has 80 heavy (non-hydrogen) atoms. The Morgan fingerprint density at radius 1 is 0.625 bits per heavy atom. The number of methoxy groups -OCH3 is 2. The molecule has 0 spiro atoms. The number of rotatable bonds is 11. The van der Waals surface area contributed by atoms with Crippen LogP contribution in [0.2, 0.25) is 0 Å². The van der Waals surface area contributed by atoms with E-state index < -0.39 is 48.8 Å². The summed E-state index contributed by atoms with van der Waals surface area (Å²) in [4.78, 5) is 54.7. The lowest BCUT2D eigenvalue weighted by Gasteiger charge is -2.26. The van der Waals surface area contributed by atoms with Crippen molar-refractivity contribution >= 4 is 59.3 Å². The molecule has 428 valence electrons. The average Bonchev–Trinajstić information content (AvgIpc) is 4.12. The van der Waals surface area contributed by atoms with Gasteiger partial charge in [0.15, 0.2) is 23.1 Å². The van der Waals surface area contributed by atoms with Gasteiger partial charge in [0.25, 0.3) is 0 Å². The van der Waals surface area contributed by atoms with Crippen molar-refractivity contribution in [2.45, 2.75) is 104 Å². The molecule has 3 saturated heterocycles. The number of aliphatic carboxylic acids is 1. The Bertz CT molecular complexity index is 3500. The summed E-state index contributed by atoms with van der Waals surface area (Å²) in [6.45, 7) is 10.2. The smallest absolute Gasteiger partial charge is 0.309 e. The molecule has 0 radical (unpaired) electrons. The summed E-state index contributed by atoms with van der Waals surface area (Å²) in [6, 6.07) is 13.8. The number of sulfone groups is 2. The van der Waals surface area contributed by atoms with Gasteiger partial charge in [0.05, 0.1) is 72.7 Å². The number of carbonyl (C=O) groups is 3. The van der Waals surface area contributed by atoms with E-state index in [-0.39, 0.29) is 83.3 Å². The maximum Gasteiger partial charge on any atom is 0.309 e. The largest absolute Gasteiger partial charge is 0.487 e. The Kier molecular flexibility index (Phi) is 18.3. The minimum absolute atomic E-state index is 0.0317. The van der Waals surface area contributed by atoms with Gasteiger partial charge < -0.3 is 33.7 Å². The summed E-state index contributed by atoms with van der Waals surface area (Å²) in [5.41, 5.74) is 5.74. The highest BCUT2D eigenvalue weighted by Crippen LogP contribution is 2.38. The number of aryl methyl sites for hydroxylation is 2. The van der Waals surface area contributed by atoms with Crippen molar-refractivity contribution < 1.29 is 68.8 Å². The van der Waals surface area contributed by atoms with E-state index in [2.05, 4.69) is 19.9 Å². The van der Waals surface area contributed by atoms with Gasteiger partial charge in [-0.05, 0) is 127 Å². The fraction of sp³-hybridized carbons (Fsp3) is 0.466. The third kappa shape index (κ3) is 14.6. The van der Waals surface area contributed by atoms with Crippen molar-refractivity contribution in [3.8, 4) is 45.5 Å². The van der Waals surface area contributed by atoms with Gasteiger partial charge in [0.1, 0.15) is 31.4 Å². The van der Waals surface area contributed by atoms with E-state index in [9.17, 15) is 40.0 Å². The number of hydrogen-bond acceptors (Lipinski definition) is 16. The van der Waals surface area contributed by atoms with Crippen LogP contribution in [-0.4, -0.2) is 133 Å². The van der Waals surface area contributed by atoms with Gasteiger partial charge >= 0.3 is 11.9 Å². The highest BCUT2D eigenvalue weighted by molar-refractivity contribution is 7.91. The lowest BCUT2D eigenvalue weighted by Crippen LogP contribution is -2.39. The Balaban J connectivity index is 0.000000177. The predicted octanol–water partition coefficient (Wildman–Crippen LogP) is 9.10. The monoisotopic (exact) mass is 1140 g/mol. The van der Waals surface area contributed by atoms with Crippen molar-refractivity contribution in [3.05, 3.63) is 96.1 Å². The summed E-state index contributed by atoms with van der Waals surface area (Å²) >= 11 is 0. The van der Waals surface area contributed by atoms with E-state index in [0.29, 0.717) is 74.4 Å². The fourth-order valence-corrected chi connectivity index (χ4v) is 13.4. The molecule has 7 heterocycles. The van der Waals surface area contributed by atoms with Crippen molar-refractivity contribution in [2.75, 3.05) is 50.3 Å². The summed E-state index contributed by atoms with van der Waals surface area (Å²) in [5, 5.41) is 10.0. The number of fused-ring (bicyclic) bond motifs is 2. The summed E-state index contributed by atoms with van der Waals surface area (Å²) in [5.74, 6) is -1.54. The summed E-state index contributed by atoms with van der Waals surface area (Å²) in [6.07, 6.45) is 9.82. The van der Waals surface area contributed by atoms with E-state index in [0.717, 1.165) is 44.2 Å². The Morgan fingerprint density at radius 3 is 1.55 bits per heavy atom. The zero-order valence-corrected chi connectivity index (χ0v) is 47.5. The second-order valence-electron chi connectivity index (χ2n) is 21.7. The van der Waals surface area contributed by atoms with E-state index in [1.165, 1.54) is 12.1 Å². The van der Waals surface area contributed by atoms with Crippen LogP contribution in [0.3, 0.4) is 0 Å². The fourth-order valence-electron chi connectivity index (χ4n) is 10.4. The maximum absolute atomic E-state index is 15.0. The van der Waals surface area contributed by atoms with Gasteiger partial charge in [0, 0.05) is 88.8 Å². The van der Waals surface area contributed by atoms with Crippen LogP contribution in [0.15, 0.2) is 73.3 Å². The lowest BCUT2D eigenvalue weighted by molar-refractivity contribution is -0.160. The van der Waals surface area contributed by atoms with Crippen LogP contribution in [0, 0.1) is 43.2 Å². The molecule has 1 amide bonds. The molecule has 1 aliphatic carbocycles. The SMILES string of the molecule is COc1ncc(-c2ccnc3cc(F)c(O[C@H]4CCC(C(=O)OC(C)(C)C)C4)cc23)cc1C.COc1ncc(-c2ccnc3cc(F)c(O[C@H]4CCN(C(=O)C5CCS(=O)(=O)CC5)C4)cc23)cc1C.O=C(O)C1CCS(=O)(=O)CC1. The minimum atomic E-state index is -3.03. The number of aromatic nitrogens is 4. The Hall–Kier alpha value is -7.07. The molecular weight excluding hydrogens is 1080 g/mol. The van der Waals surface area contributed by atoms with Crippen LogP contribution >= 0.6 is 0 Å². The van der Waals surface area contributed by atoms with Gasteiger partial charge in [-0.2, -0.15) is 0 Å². The quantitative estimate of drug-likeness (QED) is 0.119. The van der Waals surface area contributed by atoms with Gasteiger partial charge in [-0.1, -0.05) is 0 Å². The first-order valence-electron chi connectivity index (χ1n) is 26.6. The topological polar surface area (TPSA) is 241 Å². The van der Waals surface area contributed by atoms with Crippen molar-refractivity contribution in [3.63, 3.8) is 0 Å². The number of carbonyl (C=O) groups excluding carboxylic acids is 2. The van der Waals surface area contributed by atoms with Crippen LogP contribution in [0.5, 0.6) is 23.3 Å². The van der Waals surface area contributed by atoms with Crippen molar-refractivity contribution in [2.24, 2.45) is 17.8 Å². The number of benzene rings is 2. The molecule has 10 rings (SSSR count). The minimum Gasteiger partial charge on any atom is -0.487 e. The normalized spacial score (nSPS) is 20.0. The van der Waals surface area contributed by atoms with Crippen LogP contribution in [-0.2, 0) is 38.8 Å². The number of halogens is 2. The number of hydrogen-bond donors (Lipinski definition) is 1. The van der Waals surface area contributed by atoms with Crippen molar-refractivity contribution in [1.29, 1.82) is 0 Å². The molecule has 1 unspecified atom stereocenters. The highest BCUT2D eigenvalue weighted by atomic mass is 32.2.